The Kier molecular flexibility index (Phi) is 4.45. The number of benzene rings is 1. The number of anilines is 1. The summed E-state index contributed by atoms with van der Waals surface area (Å²) in [5.74, 6) is -1.29. The third kappa shape index (κ3) is 3.82. The Morgan fingerprint density at radius 3 is 2.55 bits per heavy atom. The number of rotatable bonds is 3. The minimum absolute atomic E-state index is 0.0214. The summed E-state index contributed by atoms with van der Waals surface area (Å²) in [7, 11) is 0. The van der Waals surface area contributed by atoms with Gasteiger partial charge in [0.2, 0.25) is 0 Å². The lowest BCUT2D eigenvalue weighted by Crippen LogP contribution is -2.14. The van der Waals surface area contributed by atoms with Crippen LogP contribution in [0.1, 0.15) is 22.3 Å². The van der Waals surface area contributed by atoms with Crippen molar-refractivity contribution in [3.8, 4) is 5.75 Å². The molecule has 116 valence electrons. The maximum absolute atomic E-state index is 12.4. The van der Waals surface area contributed by atoms with Gasteiger partial charge in [-0.1, -0.05) is 23.5 Å². The lowest BCUT2D eigenvalue weighted by atomic mass is 10.2. The van der Waals surface area contributed by atoms with Gasteiger partial charge >= 0.3 is 12.1 Å². The Morgan fingerprint density at radius 1 is 1.27 bits per heavy atom. The second-order valence-electron chi connectivity index (χ2n) is 4.07. The van der Waals surface area contributed by atoms with Crippen LogP contribution in [0.3, 0.4) is 0 Å². The molecule has 1 heterocycles. The Bertz CT molecular complexity index is 713. The number of hydrogen-bond acceptors (Lipinski definition) is 5. The zero-order valence-electron chi connectivity index (χ0n) is 11.1. The van der Waals surface area contributed by atoms with Crippen LogP contribution in [0.15, 0.2) is 30.5 Å². The van der Waals surface area contributed by atoms with Crippen molar-refractivity contribution in [1.29, 1.82) is 0 Å². The summed E-state index contributed by atoms with van der Waals surface area (Å²) in [5, 5.41) is 1.17. The molecule has 0 saturated carbocycles. The largest absolute Gasteiger partial charge is 0.443 e. The minimum atomic E-state index is -4.57. The molecule has 0 spiro atoms. The fourth-order valence-electron chi connectivity index (χ4n) is 1.54. The number of para-hydroxylation sites is 1. The predicted octanol–water partition coefficient (Wildman–Crippen LogP) is 3.34. The van der Waals surface area contributed by atoms with Gasteiger partial charge in [-0.2, -0.15) is 13.2 Å². The first-order valence-electron chi connectivity index (χ1n) is 5.89. The van der Waals surface area contributed by atoms with E-state index in [1.54, 1.807) is 6.07 Å². The van der Waals surface area contributed by atoms with Crippen molar-refractivity contribution in [3.63, 3.8) is 0 Å². The summed E-state index contributed by atoms with van der Waals surface area (Å²) in [4.78, 5) is 26.2. The van der Waals surface area contributed by atoms with Crippen LogP contribution in [-0.4, -0.2) is 16.9 Å². The lowest BCUT2D eigenvalue weighted by Gasteiger charge is -2.08. The molecule has 2 aromatic rings. The zero-order chi connectivity index (χ0) is 16.3. The SMILES string of the molecule is CC(=O)Oc1ccccc1C(=O)Nc1cnc(C(F)(F)F)s1. The van der Waals surface area contributed by atoms with Crippen LogP contribution < -0.4 is 10.1 Å². The Morgan fingerprint density at radius 2 is 1.95 bits per heavy atom. The highest BCUT2D eigenvalue weighted by atomic mass is 32.1. The third-order valence-electron chi connectivity index (χ3n) is 2.37. The van der Waals surface area contributed by atoms with E-state index in [0.29, 0.717) is 11.3 Å². The van der Waals surface area contributed by atoms with Gasteiger partial charge in [0.15, 0.2) is 5.01 Å². The quantitative estimate of drug-likeness (QED) is 0.692. The molecule has 0 unspecified atom stereocenters. The van der Waals surface area contributed by atoms with Crippen molar-refractivity contribution in [2.45, 2.75) is 13.1 Å². The standard InChI is InChI=1S/C13H9F3N2O3S/c1-7(19)21-9-5-3-2-4-8(9)11(20)18-10-6-17-12(22-10)13(14,15)16/h2-6H,1H3,(H,18,20). The molecule has 1 aromatic carbocycles. The number of esters is 1. The molecule has 2 rings (SSSR count). The second-order valence-corrected chi connectivity index (χ2v) is 5.10. The molecule has 9 heteroatoms. The van der Waals surface area contributed by atoms with E-state index in [2.05, 4.69) is 10.3 Å². The Balaban J connectivity index is 2.19. The summed E-state index contributed by atoms with van der Waals surface area (Å²) in [6, 6.07) is 5.89. The zero-order valence-corrected chi connectivity index (χ0v) is 11.9. The Hall–Kier alpha value is -2.42. The van der Waals surface area contributed by atoms with Gasteiger partial charge in [-0.05, 0) is 12.1 Å². The van der Waals surface area contributed by atoms with Crippen LogP contribution in [0.25, 0.3) is 0 Å². The van der Waals surface area contributed by atoms with E-state index < -0.39 is 23.1 Å². The first-order valence-corrected chi connectivity index (χ1v) is 6.71. The topological polar surface area (TPSA) is 68.3 Å². The molecule has 0 bridgehead atoms. The maximum Gasteiger partial charge on any atom is 0.443 e. The highest BCUT2D eigenvalue weighted by Gasteiger charge is 2.34. The van der Waals surface area contributed by atoms with E-state index >= 15 is 0 Å². The van der Waals surface area contributed by atoms with E-state index in [1.165, 1.54) is 25.1 Å². The van der Waals surface area contributed by atoms with Gasteiger partial charge in [0.1, 0.15) is 10.8 Å². The third-order valence-corrected chi connectivity index (χ3v) is 3.33. The number of alkyl halides is 3. The van der Waals surface area contributed by atoms with Crippen molar-refractivity contribution >= 4 is 28.2 Å². The van der Waals surface area contributed by atoms with Crippen LogP contribution in [-0.2, 0) is 11.0 Å². The van der Waals surface area contributed by atoms with E-state index in [-0.39, 0.29) is 16.3 Å². The highest BCUT2D eigenvalue weighted by molar-refractivity contribution is 7.16. The number of amides is 1. The van der Waals surface area contributed by atoms with Crippen LogP contribution in [0.4, 0.5) is 18.2 Å². The second kappa shape index (κ2) is 6.14. The number of aromatic nitrogens is 1. The van der Waals surface area contributed by atoms with Crippen LogP contribution >= 0.6 is 11.3 Å². The average Bonchev–Trinajstić information content (AvgIpc) is 2.87. The molecule has 0 aliphatic heterocycles. The molecule has 0 fully saturated rings. The number of carbonyl (C=O) groups is 2. The predicted molar refractivity (Wildman–Crippen MR) is 72.8 cm³/mol. The van der Waals surface area contributed by atoms with Gasteiger partial charge in [-0.25, -0.2) is 4.98 Å². The van der Waals surface area contributed by atoms with Gasteiger partial charge in [0.05, 0.1) is 11.8 Å². The minimum Gasteiger partial charge on any atom is -0.426 e. The monoisotopic (exact) mass is 330 g/mol. The number of carbonyl (C=O) groups excluding carboxylic acids is 2. The molecular weight excluding hydrogens is 321 g/mol. The summed E-state index contributed by atoms with van der Waals surface area (Å²) < 4.78 is 42.2. The lowest BCUT2D eigenvalue weighted by molar-refractivity contribution is -0.137. The number of nitrogens with zero attached hydrogens (tertiary/aromatic N) is 1. The molecule has 5 nitrogen and oxygen atoms in total. The van der Waals surface area contributed by atoms with E-state index in [4.69, 9.17) is 4.74 Å². The summed E-state index contributed by atoms with van der Waals surface area (Å²) in [6.45, 7) is 1.17. The van der Waals surface area contributed by atoms with E-state index in [0.717, 1.165) is 6.20 Å². The number of halogens is 3. The fraction of sp³-hybridized carbons (Fsp3) is 0.154. The highest BCUT2D eigenvalue weighted by Crippen LogP contribution is 2.34. The van der Waals surface area contributed by atoms with E-state index in [1.807, 2.05) is 0 Å². The number of nitrogens with one attached hydrogen (secondary N) is 1. The molecule has 0 aliphatic rings. The van der Waals surface area contributed by atoms with E-state index in [9.17, 15) is 22.8 Å². The smallest absolute Gasteiger partial charge is 0.426 e. The summed E-state index contributed by atoms with van der Waals surface area (Å²) in [6.07, 6.45) is -3.65. The van der Waals surface area contributed by atoms with Crippen LogP contribution in [0, 0.1) is 0 Å². The molecule has 0 aliphatic carbocycles. The average molecular weight is 330 g/mol. The molecular formula is C13H9F3N2O3S. The van der Waals surface area contributed by atoms with Crippen molar-refractivity contribution < 1.29 is 27.5 Å². The van der Waals surface area contributed by atoms with Crippen LogP contribution in [0.5, 0.6) is 5.75 Å². The first-order chi connectivity index (χ1) is 10.3. The number of thiazole rings is 1. The molecule has 0 saturated heterocycles. The normalized spacial score (nSPS) is 11.1. The summed E-state index contributed by atoms with van der Waals surface area (Å²) >= 11 is 0.307. The first kappa shape index (κ1) is 16.0. The van der Waals surface area contributed by atoms with Gasteiger partial charge in [-0.3, -0.25) is 9.59 Å². The van der Waals surface area contributed by atoms with Gasteiger partial charge < -0.3 is 10.1 Å². The van der Waals surface area contributed by atoms with Crippen molar-refractivity contribution in [2.75, 3.05) is 5.32 Å². The summed E-state index contributed by atoms with van der Waals surface area (Å²) in [5.41, 5.74) is 0.0275. The Labute approximate surface area is 126 Å². The van der Waals surface area contributed by atoms with Crippen molar-refractivity contribution in [2.24, 2.45) is 0 Å². The molecule has 0 radical (unpaired) electrons. The fourth-order valence-corrected chi connectivity index (χ4v) is 2.22. The van der Waals surface area contributed by atoms with Crippen molar-refractivity contribution in [1.82, 2.24) is 4.98 Å². The van der Waals surface area contributed by atoms with Gasteiger partial charge in [0.25, 0.3) is 5.91 Å². The number of ether oxygens (including phenoxy) is 1. The molecule has 1 N–H and O–H groups in total. The van der Waals surface area contributed by atoms with Gasteiger partial charge in [-0.15, -0.1) is 0 Å². The van der Waals surface area contributed by atoms with Crippen molar-refractivity contribution in [3.05, 3.63) is 41.0 Å². The molecule has 22 heavy (non-hydrogen) atoms. The number of hydrogen-bond donors (Lipinski definition) is 1. The molecule has 1 amide bonds. The van der Waals surface area contributed by atoms with Gasteiger partial charge in [0, 0.05) is 6.92 Å². The molecule has 0 atom stereocenters. The van der Waals surface area contributed by atoms with Crippen LogP contribution in [0.2, 0.25) is 0 Å². The molecule has 1 aromatic heterocycles. The maximum atomic E-state index is 12.4.